The number of hydrogen-bond acceptors (Lipinski definition) is 6. The Morgan fingerprint density at radius 3 is 2.50 bits per heavy atom. The Morgan fingerprint density at radius 1 is 1.12 bits per heavy atom. The number of rotatable bonds is 9. The lowest BCUT2D eigenvalue weighted by atomic mass is 9.97. The first-order valence-electron chi connectivity index (χ1n) is 10.4. The number of nitrogens with zero attached hydrogens (tertiary/aromatic N) is 2. The predicted molar refractivity (Wildman–Crippen MR) is 124 cm³/mol. The van der Waals surface area contributed by atoms with Crippen LogP contribution >= 0.6 is 0 Å². The van der Waals surface area contributed by atoms with Crippen LogP contribution in [0.2, 0.25) is 0 Å². The summed E-state index contributed by atoms with van der Waals surface area (Å²) in [6, 6.07) is 14.4. The van der Waals surface area contributed by atoms with Gasteiger partial charge in [0, 0.05) is 11.6 Å². The van der Waals surface area contributed by atoms with Gasteiger partial charge in [0.15, 0.2) is 5.71 Å². The highest BCUT2D eigenvalue weighted by Gasteiger charge is 2.19. The van der Waals surface area contributed by atoms with E-state index in [-0.39, 0.29) is 16.5 Å². The average molecular weight is 457 g/mol. The molecule has 3 rings (SSSR count). The predicted octanol–water partition coefficient (Wildman–Crippen LogP) is 4.32. The molecule has 7 nitrogen and oxygen atoms in total. The average Bonchev–Trinajstić information content (AvgIpc) is 3.22. The van der Waals surface area contributed by atoms with E-state index < -0.39 is 16.0 Å². The molecule has 32 heavy (non-hydrogen) atoms. The second-order valence-corrected chi connectivity index (χ2v) is 9.58. The van der Waals surface area contributed by atoms with Gasteiger partial charge in [0.25, 0.3) is 10.0 Å². The molecule has 0 saturated heterocycles. The maximum atomic E-state index is 13.1. The zero-order valence-electron chi connectivity index (χ0n) is 18.7. The topological polar surface area (TPSA) is 87.0 Å². The van der Waals surface area contributed by atoms with E-state index in [9.17, 15) is 13.2 Å². The van der Waals surface area contributed by atoms with Crippen molar-refractivity contribution in [3.63, 3.8) is 0 Å². The van der Waals surface area contributed by atoms with E-state index in [4.69, 9.17) is 4.84 Å². The highest BCUT2D eigenvalue weighted by molar-refractivity contribution is 7.90. The molecule has 1 heterocycles. The number of methoxy groups -OCH3 is 1. The van der Waals surface area contributed by atoms with Crippen molar-refractivity contribution in [3.8, 4) is 0 Å². The van der Waals surface area contributed by atoms with E-state index in [1.54, 1.807) is 30.5 Å². The second kappa shape index (κ2) is 9.99. The summed E-state index contributed by atoms with van der Waals surface area (Å²) in [6.07, 6.45) is 3.21. The summed E-state index contributed by atoms with van der Waals surface area (Å²) in [5.74, 6) is -0.325. The summed E-state index contributed by atoms with van der Waals surface area (Å²) in [5, 5.41) is 4.67. The van der Waals surface area contributed by atoms with E-state index in [0.29, 0.717) is 12.1 Å². The lowest BCUT2D eigenvalue weighted by molar-refractivity contribution is -0.133. The third-order valence-electron chi connectivity index (χ3n) is 5.39. The molecule has 0 aliphatic carbocycles. The normalized spacial score (nSPS) is 13.2. The summed E-state index contributed by atoms with van der Waals surface area (Å²) < 4.78 is 32.1. The van der Waals surface area contributed by atoms with E-state index >= 15 is 0 Å². The van der Waals surface area contributed by atoms with Crippen molar-refractivity contribution < 1.29 is 22.8 Å². The Hall–Kier alpha value is -3.13. The number of aromatic nitrogens is 1. The molecular weight excluding hydrogens is 428 g/mol. The van der Waals surface area contributed by atoms with Gasteiger partial charge >= 0.3 is 5.97 Å². The first-order valence-corrected chi connectivity index (χ1v) is 11.9. The largest absolute Gasteiger partial charge is 0.464 e. The molecule has 2 aromatic carbocycles. The molecule has 0 aliphatic rings. The Labute approximate surface area is 188 Å². The molecule has 0 aliphatic heterocycles. The third kappa shape index (κ3) is 5.19. The summed E-state index contributed by atoms with van der Waals surface area (Å²) in [6.45, 7) is 5.89. The third-order valence-corrected chi connectivity index (χ3v) is 7.10. The molecule has 0 fully saturated rings. The number of carbonyl (C=O) groups excluding carboxylic acids is 1. The van der Waals surface area contributed by atoms with Crippen molar-refractivity contribution in [2.45, 2.75) is 38.5 Å². The highest BCUT2D eigenvalue weighted by atomic mass is 32.2. The lowest BCUT2D eigenvalue weighted by Gasteiger charge is -2.14. The summed E-state index contributed by atoms with van der Waals surface area (Å²) in [5.41, 5.74) is 2.88. The zero-order valence-corrected chi connectivity index (χ0v) is 19.6. The number of ether oxygens (including phenoxy) is 1. The van der Waals surface area contributed by atoms with Gasteiger partial charge in [-0.1, -0.05) is 35.8 Å². The molecule has 1 unspecified atom stereocenters. The van der Waals surface area contributed by atoms with Crippen LogP contribution in [0, 0.1) is 12.8 Å². The molecular formula is C24H28N2O5S. The smallest absolute Gasteiger partial charge is 0.355 e. The van der Waals surface area contributed by atoms with Crippen LogP contribution in [-0.2, 0) is 30.8 Å². The number of oxime groups is 1. The molecule has 0 amide bonds. The molecule has 0 bridgehead atoms. The van der Waals surface area contributed by atoms with E-state index in [1.807, 2.05) is 31.2 Å². The van der Waals surface area contributed by atoms with Gasteiger partial charge in [0.1, 0.15) is 6.61 Å². The SMILES string of the molecule is CCC(CO/N=C(\C)C(=O)OC)Cc1ccc2c(ccn2S(=O)(=O)c2ccc(C)cc2)c1. The van der Waals surface area contributed by atoms with Crippen molar-refractivity contribution in [1.82, 2.24) is 3.97 Å². The van der Waals surface area contributed by atoms with Crippen LogP contribution in [0.25, 0.3) is 10.9 Å². The van der Waals surface area contributed by atoms with Crippen molar-refractivity contribution in [2.75, 3.05) is 13.7 Å². The van der Waals surface area contributed by atoms with Crippen molar-refractivity contribution in [2.24, 2.45) is 11.1 Å². The van der Waals surface area contributed by atoms with Gasteiger partial charge in [-0.3, -0.25) is 0 Å². The van der Waals surface area contributed by atoms with Gasteiger partial charge in [-0.05, 0) is 68.5 Å². The van der Waals surface area contributed by atoms with E-state index in [2.05, 4.69) is 16.8 Å². The van der Waals surface area contributed by atoms with E-state index in [0.717, 1.165) is 29.4 Å². The van der Waals surface area contributed by atoms with Gasteiger partial charge in [0.2, 0.25) is 0 Å². The fourth-order valence-corrected chi connectivity index (χ4v) is 4.76. The highest BCUT2D eigenvalue weighted by Crippen LogP contribution is 2.25. The van der Waals surface area contributed by atoms with Crippen molar-refractivity contribution in [1.29, 1.82) is 0 Å². The molecule has 170 valence electrons. The maximum absolute atomic E-state index is 13.1. The summed E-state index contributed by atoms with van der Waals surface area (Å²) in [4.78, 5) is 17.0. The molecule has 0 radical (unpaired) electrons. The van der Waals surface area contributed by atoms with E-state index in [1.165, 1.54) is 18.0 Å². The Morgan fingerprint density at radius 2 is 1.84 bits per heavy atom. The number of esters is 1. The van der Waals surface area contributed by atoms with Gasteiger partial charge in [-0.25, -0.2) is 17.2 Å². The minimum Gasteiger partial charge on any atom is -0.464 e. The van der Waals surface area contributed by atoms with Gasteiger partial charge < -0.3 is 9.57 Å². The van der Waals surface area contributed by atoms with Crippen LogP contribution < -0.4 is 0 Å². The van der Waals surface area contributed by atoms with Crippen molar-refractivity contribution in [3.05, 3.63) is 65.9 Å². The summed E-state index contributed by atoms with van der Waals surface area (Å²) >= 11 is 0. The van der Waals surface area contributed by atoms with Crippen LogP contribution in [-0.4, -0.2) is 37.8 Å². The standard InChI is InChI=1S/C24H28N2O5S/c1-5-19(16-31-25-18(3)24(27)30-4)14-20-8-11-23-21(15-20)12-13-26(23)32(28,29)22-9-6-17(2)7-10-22/h6-13,15,19H,5,14,16H2,1-4H3/b25-18+. The molecule has 8 heteroatoms. The Bertz CT molecular complexity index is 1230. The van der Waals surface area contributed by atoms with Gasteiger partial charge in [-0.15, -0.1) is 0 Å². The summed E-state index contributed by atoms with van der Waals surface area (Å²) in [7, 11) is -2.37. The number of carbonyl (C=O) groups is 1. The van der Waals surface area contributed by atoms with Crippen LogP contribution in [0.15, 0.2) is 64.8 Å². The molecule has 1 aromatic heterocycles. The molecule has 0 saturated carbocycles. The first kappa shape index (κ1) is 23.5. The fraction of sp³-hybridized carbons (Fsp3) is 0.333. The molecule has 0 spiro atoms. The molecule has 1 atom stereocenters. The van der Waals surface area contributed by atoms with Gasteiger partial charge in [-0.2, -0.15) is 0 Å². The number of aryl methyl sites for hydroxylation is 1. The van der Waals surface area contributed by atoms with Crippen LogP contribution in [0.1, 0.15) is 31.4 Å². The zero-order chi connectivity index (χ0) is 23.3. The fourth-order valence-electron chi connectivity index (χ4n) is 3.41. The van der Waals surface area contributed by atoms with Gasteiger partial charge in [0.05, 0.1) is 17.5 Å². The van der Waals surface area contributed by atoms with Crippen LogP contribution in [0.3, 0.4) is 0 Å². The minimum absolute atomic E-state index is 0.167. The Balaban J connectivity index is 1.76. The second-order valence-electron chi connectivity index (χ2n) is 7.77. The quantitative estimate of drug-likeness (QED) is 0.272. The lowest BCUT2D eigenvalue weighted by Crippen LogP contribution is -2.15. The van der Waals surface area contributed by atoms with Crippen LogP contribution in [0.5, 0.6) is 0 Å². The van der Waals surface area contributed by atoms with Crippen molar-refractivity contribution >= 4 is 32.6 Å². The number of benzene rings is 2. The maximum Gasteiger partial charge on any atom is 0.355 e. The number of hydrogen-bond donors (Lipinski definition) is 0. The monoisotopic (exact) mass is 456 g/mol. The number of fused-ring (bicyclic) bond motifs is 1. The molecule has 3 aromatic rings. The first-order chi connectivity index (χ1) is 15.3. The minimum atomic E-state index is -3.66. The van der Waals surface area contributed by atoms with Crippen LogP contribution in [0.4, 0.5) is 0 Å². The molecule has 0 N–H and O–H groups in total. The Kier molecular flexibility index (Phi) is 7.35.